The van der Waals surface area contributed by atoms with Crippen molar-refractivity contribution in [1.29, 1.82) is 0 Å². The van der Waals surface area contributed by atoms with Gasteiger partial charge in [0.25, 0.3) is 0 Å². The van der Waals surface area contributed by atoms with Gasteiger partial charge in [-0.15, -0.1) is 0 Å². The molecule has 2 rings (SSSR count). The fourth-order valence-electron chi connectivity index (χ4n) is 2.30. The van der Waals surface area contributed by atoms with Crippen LogP contribution in [-0.2, 0) is 4.79 Å². The summed E-state index contributed by atoms with van der Waals surface area (Å²) in [5.74, 6) is -0.192. The zero-order chi connectivity index (χ0) is 12.6. The topological polar surface area (TPSA) is 46.3 Å². The molecule has 1 aliphatic rings. The van der Waals surface area contributed by atoms with Crippen LogP contribution in [0, 0.1) is 18.7 Å². The van der Waals surface area contributed by atoms with Gasteiger partial charge in [0, 0.05) is 37.5 Å². The second-order valence-electron chi connectivity index (χ2n) is 4.79. The van der Waals surface area contributed by atoms with E-state index >= 15 is 0 Å². The first-order chi connectivity index (χ1) is 7.99. The standard InChI is InChI=1S/C13H17FN2O/c1-8-3-4-10(11(14)5-8)13(15)9-6-12(17)16(2)7-9/h3-5,9,13H,6-7,15H2,1-2H3. The largest absolute Gasteiger partial charge is 0.345 e. The molecule has 1 aromatic carbocycles. The summed E-state index contributed by atoms with van der Waals surface area (Å²) in [5.41, 5.74) is 7.43. The first-order valence-corrected chi connectivity index (χ1v) is 5.74. The first kappa shape index (κ1) is 12.0. The van der Waals surface area contributed by atoms with Crippen LogP contribution in [0.15, 0.2) is 18.2 Å². The van der Waals surface area contributed by atoms with Crippen molar-refractivity contribution >= 4 is 5.91 Å². The van der Waals surface area contributed by atoms with Crippen LogP contribution >= 0.6 is 0 Å². The van der Waals surface area contributed by atoms with Crippen LogP contribution in [0.2, 0.25) is 0 Å². The van der Waals surface area contributed by atoms with Gasteiger partial charge in [0.2, 0.25) is 5.91 Å². The predicted octanol–water partition coefficient (Wildman–Crippen LogP) is 1.61. The van der Waals surface area contributed by atoms with Crippen molar-refractivity contribution in [3.05, 3.63) is 35.1 Å². The third-order valence-electron chi connectivity index (χ3n) is 3.39. The number of nitrogens with two attached hydrogens (primary N) is 1. The van der Waals surface area contributed by atoms with Gasteiger partial charge in [0.15, 0.2) is 0 Å². The maximum atomic E-state index is 13.8. The fourth-order valence-corrected chi connectivity index (χ4v) is 2.30. The second kappa shape index (κ2) is 4.45. The average Bonchev–Trinajstić information content (AvgIpc) is 2.58. The van der Waals surface area contributed by atoms with Crippen LogP contribution < -0.4 is 5.73 Å². The summed E-state index contributed by atoms with van der Waals surface area (Å²) >= 11 is 0. The van der Waals surface area contributed by atoms with Gasteiger partial charge in [-0.05, 0) is 18.6 Å². The highest BCUT2D eigenvalue weighted by Gasteiger charge is 2.32. The lowest BCUT2D eigenvalue weighted by Crippen LogP contribution is -2.25. The number of likely N-dealkylation sites (tertiary alicyclic amines) is 1. The summed E-state index contributed by atoms with van der Waals surface area (Å²) in [5, 5.41) is 0. The lowest BCUT2D eigenvalue weighted by Gasteiger charge is -2.19. The number of carbonyl (C=O) groups is 1. The Morgan fingerprint density at radius 1 is 1.53 bits per heavy atom. The number of hydrogen-bond acceptors (Lipinski definition) is 2. The molecule has 2 unspecified atom stereocenters. The van der Waals surface area contributed by atoms with Crippen LogP contribution in [0.4, 0.5) is 4.39 Å². The van der Waals surface area contributed by atoms with Crippen molar-refractivity contribution in [3.63, 3.8) is 0 Å². The molecule has 17 heavy (non-hydrogen) atoms. The van der Waals surface area contributed by atoms with Crippen molar-refractivity contribution < 1.29 is 9.18 Å². The van der Waals surface area contributed by atoms with E-state index in [4.69, 9.17) is 5.73 Å². The van der Waals surface area contributed by atoms with E-state index in [1.165, 1.54) is 6.07 Å². The number of aryl methyl sites for hydroxylation is 1. The first-order valence-electron chi connectivity index (χ1n) is 5.74. The van der Waals surface area contributed by atoms with Gasteiger partial charge in [0.05, 0.1) is 0 Å². The Labute approximate surface area is 100 Å². The molecule has 0 bridgehead atoms. The molecular weight excluding hydrogens is 219 g/mol. The van der Waals surface area contributed by atoms with Crippen LogP contribution in [-0.4, -0.2) is 24.4 Å². The maximum Gasteiger partial charge on any atom is 0.222 e. The van der Waals surface area contributed by atoms with E-state index in [1.54, 1.807) is 18.0 Å². The molecule has 1 saturated heterocycles. The van der Waals surface area contributed by atoms with Gasteiger partial charge < -0.3 is 10.6 Å². The molecule has 3 nitrogen and oxygen atoms in total. The predicted molar refractivity (Wildman–Crippen MR) is 63.8 cm³/mol. The number of nitrogens with zero attached hydrogens (tertiary/aromatic N) is 1. The minimum Gasteiger partial charge on any atom is -0.345 e. The van der Waals surface area contributed by atoms with Gasteiger partial charge in [-0.1, -0.05) is 12.1 Å². The Kier molecular flexibility index (Phi) is 3.15. The van der Waals surface area contributed by atoms with Gasteiger partial charge >= 0.3 is 0 Å². The Morgan fingerprint density at radius 2 is 2.24 bits per heavy atom. The number of benzene rings is 1. The normalized spacial score (nSPS) is 22.0. The highest BCUT2D eigenvalue weighted by Crippen LogP contribution is 2.29. The Balaban J connectivity index is 2.20. The van der Waals surface area contributed by atoms with E-state index < -0.39 is 6.04 Å². The minimum absolute atomic E-state index is 0.00436. The van der Waals surface area contributed by atoms with Crippen molar-refractivity contribution in [2.24, 2.45) is 11.7 Å². The molecule has 0 saturated carbocycles. The van der Waals surface area contributed by atoms with E-state index in [9.17, 15) is 9.18 Å². The number of carbonyl (C=O) groups excluding carboxylic acids is 1. The molecule has 1 aromatic rings. The van der Waals surface area contributed by atoms with Crippen LogP contribution in [0.3, 0.4) is 0 Å². The molecule has 0 aliphatic carbocycles. The third-order valence-corrected chi connectivity index (χ3v) is 3.39. The SMILES string of the molecule is Cc1ccc(C(N)C2CC(=O)N(C)C2)c(F)c1. The molecule has 2 N–H and O–H groups in total. The summed E-state index contributed by atoms with van der Waals surface area (Å²) < 4.78 is 13.8. The number of halogens is 1. The molecule has 4 heteroatoms. The monoisotopic (exact) mass is 236 g/mol. The summed E-state index contributed by atoms with van der Waals surface area (Å²) in [7, 11) is 1.75. The number of rotatable bonds is 2. The molecule has 92 valence electrons. The van der Waals surface area contributed by atoms with Crippen LogP contribution in [0.25, 0.3) is 0 Å². The highest BCUT2D eigenvalue weighted by atomic mass is 19.1. The Morgan fingerprint density at radius 3 is 2.76 bits per heavy atom. The number of amides is 1. The molecule has 0 radical (unpaired) electrons. The zero-order valence-corrected chi connectivity index (χ0v) is 10.1. The van der Waals surface area contributed by atoms with E-state index in [2.05, 4.69) is 0 Å². The maximum absolute atomic E-state index is 13.8. The smallest absolute Gasteiger partial charge is 0.222 e. The summed E-state index contributed by atoms with van der Waals surface area (Å²) in [6, 6.07) is 4.64. The van der Waals surface area contributed by atoms with E-state index in [0.717, 1.165) is 5.56 Å². The number of hydrogen-bond donors (Lipinski definition) is 1. The minimum atomic E-state index is -0.413. The summed E-state index contributed by atoms with van der Waals surface area (Å²) in [6.07, 6.45) is 0.408. The highest BCUT2D eigenvalue weighted by molar-refractivity contribution is 5.78. The van der Waals surface area contributed by atoms with Crippen molar-refractivity contribution in [1.82, 2.24) is 4.90 Å². The third kappa shape index (κ3) is 2.31. The molecule has 1 heterocycles. The van der Waals surface area contributed by atoms with Gasteiger partial charge in [-0.3, -0.25) is 4.79 Å². The molecular formula is C13H17FN2O. The lowest BCUT2D eigenvalue weighted by molar-refractivity contribution is -0.126. The average molecular weight is 236 g/mol. The molecule has 1 aliphatic heterocycles. The van der Waals surface area contributed by atoms with Gasteiger partial charge in [-0.25, -0.2) is 4.39 Å². The second-order valence-corrected chi connectivity index (χ2v) is 4.79. The van der Waals surface area contributed by atoms with E-state index in [1.807, 2.05) is 13.0 Å². The van der Waals surface area contributed by atoms with Crippen molar-refractivity contribution in [2.75, 3.05) is 13.6 Å². The van der Waals surface area contributed by atoms with Gasteiger partial charge in [-0.2, -0.15) is 0 Å². The van der Waals surface area contributed by atoms with Crippen molar-refractivity contribution in [3.8, 4) is 0 Å². The van der Waals surface area contributed by atoms with Crippen LogP contribution in [0.1, 0.15) is 23.6 Å². The quantitative estimate of drug-likeness (QED) is 0.848. The molecule has 1 amide bonds. The summed E-state index contributed by atoms with van der Waals surface area (Å²) in [4.78, 5) is 13.1. The molecule has 0 aromatic heterocycles. The van der Waals surface area contributed by atoms with E-state index in [-0.39, 0.29) is 17.6 Å². The van der Waals surface area contributed by atoms with Crippen molar-refractivity contribution in [2.45, 2.75) is 19.4 Å². The molecule has 2 atom stereocenters. The fraction of sp³-hybridized carbons (Fsp3) is 0.462. The van der Waals surface area contributed by atoms with Crippen LogP contribution in [0.5, 0.6) is 0 Å². The molecule has 1 fully saturated rings. The lowest BCUT2D eigenvalue weighted by atomic mass is 9.92. The molecule has 0 spiro atoms. The Hall–Kier alpha value is -1.42. The Bertz CT molecular complexity index is 447. The zero-order valence-electron chi connectivity index (χ0n) is 10.1. The van der Waals surface area contributed by atoms with Gasteiger partial charge in [0.1, 0.15) is 5.82 Å². The summed E-state index contributed by atoms with van der Waals surface area (Å²) in [6.45, 7) is 2.44. The van der Waals surface area contributed by atoms with E-state index in [0.29, 0.717) is 18.5 Å².